The lowest BCUT2D eigenvalue weighted by Crippen LogP contribution is -2.27. The number of methoxy groups -OCH3 is 1. The summed E-state index contributed by atoms with van der Waals surface area (Å²) in [7, 11) is 3.28. The van der Waals surface area contributed by atoms with Gasteiger partial charge in [-0.25, -0.2) is 0 Å². The Labute approximate surface area is 201 Å². The van der Waals surface area contributed by atoms with Crippen molar-refractivity contribution in [2.45, 2.75) is 0 Å². The molecule has 0 aliphatic heterocycles. The highest BCUT2D eigenvalue weighted by atomic mass is 35.5. The number of nitrogens with zero attached hydrogens (tertiary/aromatic N) is 1. The predicted octanol–water partition coefficient (Wildman–Crippen LogP) is 6.59. The quantitative estimate of drug-likeness (QED) is 0.306. The Kier molecular flexibility index (Phi) is 6.77. The Morgan fingerprint density at radius 1 is 1.00 bits per heavy atom. The number of thiophene rings is 1. The van der Waals surface area contributed by atoms with Gasteiger partial charge in [-0.2, -0.15) is 0 Å². The molecule has 0 aliphatic carbocycles. The molecule has 1 heterocycles. The van der Waals surface area contributed by atoms with Crippen molar-refractivity contribution in [1.29, 1.82) is 0 Å². The summed E-state index contributed by atoms with van der Waals surface area (Å²) in [6.45, 7) is 0. The molecule has 1 aromatic heterocycles. The van der Waals surface area contributed by atoms with Crippen LogP contribution in [0.2, 0.25) is 5.02 Å². The van der Waals surface area contributed by atoms with Crippen molar-refractivity contribution < 1.29 is 14.3 Å². The lowest BCUT2D eigenvalue weighted by atomic mass is 9.99. The molecule has 7 heteroatoms. The van der Waals surface area contributed by atoms with Crippen molar-refractivity contribution in [3.63, 3.8) is 0 Å². The molecule has 0 saturated carbocycles. The van der Waals surface area contributed by atoms with Crippen LogP contribution in [-0.4, -0.2) is 26.5 Å². The summed E-state index contributed by atoms with van der Waals surface area (Å²) in [4.78, 5) is 26.3. The molecule has 2 amide bonds. The third-order valence-electron chi connectivity index (χ3n) is 5.31. The minimum absolute atomic E-state index is 0.231. The molecule has 0 spiro atoms. The number of amides is 2. The van der Waals surface area contributed by atoms with E-state index in [1.807, 2.05) is 72.1 Å². The minimum Gasteiger partial charge on any atom is -0.497 e. The summed E-state index contributed by atoms with van der Waals surface area (Å²) in [5.41, 5.74) is 4.85. The highest BCUT2D eigenvalue weighted by Crippen LogP contribution is 2.38. The zero-order valence-electron chi connectivity index (χ0n) is 18.0. The van der Waals surface area contributed by atoms with E-state index in [4.69, 9.17) is 16.3 Å². The van der Waals surface area contributed by atoms with Crippen LogP contribution >= 0.6 is 22.9 Å². The second-order valence-electron chi connectivity index (χ2n) is 7.27. The van der Waals surface area contributed by atoms with Crippen LogP contribution in [0.4, 0.5) is 10.7 Å². The summed E-state index contributed by atoms with van der Waals surface area (Å²) in [5, 5.41) is 5.75. The van der Waals surface area contributed by atoms with Crippen LogP contribution in [-0.2, 0) is 4.79 Å². The number of hydrogen-bond donors (Lipinski definition) is 1. The maximum absolute atomic E-state index is 13.5. The smallest absolute Gasteiger partial charge is 0.261 e. The third kappa shape index (κ3) is 4.77. The van der Waals surface area contributed by atoms with Gasteiger partial charge in [-0.15, -0.1) is 11.3 Å². The molecule has 4 aromatic rings. The van der Waals surface area contributed by atoms with E-state index in [9.17, 15) is 9.59 Å². The molecule has 0 unspecified atom stereocenters. The van der Waals surface area contributed by atoms with Crippen molar-refractivity contribution >= 4 is 45.9 Å². The van der Waals surface area contributed by atoms with Gasteiger partial charge in [-0.3, -0.25) is 9.59 Å². The van der Waals surface area contributed by atoms with Crippen molar-refractivity contribution in [1.82, 2.24) is 0 Å². The van der Waals surface area contributed by atoms with Crippen LogP contribution in [0.1, 0.15) is 10.4 Å². The SMILES string of the molecule is COc1cccc(N(C)C(=O)c2c(-c3ccc(-c4ccc(Cl)cc4)cc3)csc2NC=O)c1. The molecular formula is C26H21ClN2O3S. The van der Waals surface area contributed by atoms with Crippen LogP contribution in [0.3, 0.4) is 0 Å². The van der Waals surface area contributed by atoms with Crippen LogP contribution in [0, 0.1) is 0 Å². The van der Waals surface area contributed by atoms with Gasteiger partial charge in [-0.05, 0) is 41.0 Å². The van der Waals surface area contributed by atoms with Crippen LogP contribution in [0.15, 0.2) is 78.2 Å². The van der Waals surface area contributed by atoms with Gasteiger partial charge in [0.05, 0.1) is 12.7 Å². The molecule has 0 bridgehead atoms. The number of carbonyl (C=O) groups excluding carboxylic acids is 2. The van der Waals surface area contributed by atoms with Gasteiger partial charge >= 0.3 is 0 Å². The van der Waals surface area contributed by atoms with Gasteiger partial charge in [0, 0.05) is 34.8 Å². The molecule has 0 saturated heterocycles. The minimum atomic E-state index is -0.231. The third-order valence-corrected chi connectivity index (χ3v) is 6.48. The number of halogens is 1. The Hall–Kier alpha value is -3.61. The summed E-state index contributed by atoms with van der Waals surface area (Å²) in [6.07, 6.45) is 0.585. The zero-order chi connectivity index (χ0) is 23.4. The van der Waals surface area contributed by atoms with Crippen molar-refractivity contribution in [3.05, 3.63) is 88.8 Å². The van der Waals surface area contributed by atoms with E-state index < -0.39 is 0 Å². The van der Waals surface area contributed by atoms with E-state index >= 15 is 0 Å². The highest BCUT2D eigenvalue weighted by molar-refractivity contribution is 7.15. The lowest BCUT2D eigenvalue weighted by Gasteiger charge is -2.19. The molecule has 0 fully saturated rings. The van der Waals surface area contributed by atoms with Crippen LogP contribution < -0.4 is 15.0 Å². The molecule has 166 valence electrons. The van der Waals surface area contributed by atoms with Gasteiger partial charge in [0.1, 0.15) is 10.8 Å². The molecule has 33 heavy (non-hydrogen) atoms. The number of ether oxygens (including phenoxy) is 1. The first-order chi connectivity index (χ1) is 16.0. The van der Waals surface area contributed by atoms with E-state index in [-0.39, 0.29) is 5.91 Å². The molecule has 0 radical (unpaired) electrons. The van der Waals surface area contributed by atoms with E-state index in [2.05, 4.69) is 5.32 Å². The first-order valence-corrected chi connectivity index (χ1v) is 11.4. The molecule has 5 nitrogen and oxygen atoms in total. The van der Waals surface area contributed by atoms with Crippen LogP contribution in [0.25, 0.3) is 22.3 Å². The maximum Gasteiger partial charge on any atom is 0.261 e. The first kappa shape index (κ1) is 22.6. The summed E-state index contributed by atoms with van der Waals surface area (Å²) >= 11 is 7.31. The van der Waals surface area contributed by atoms with Crippen molar-refractivity contribution in [2.75, 3.05) is 24.4 Å². The number of anilines is 2. The monoisotopic (exact) mass is 476 g/mol. The van der Waals surface area contributed by atoms with Gasteiger partial charge < -0.3 is 15.0 Å². The summed E-state index contributed by atoms with van der Waals surface area (Å²) in [6, 6.07) is 22.9. The summed E-state index contributed by atoms with van der Waals surface area (Å²) < 4.78 is 5.28. The fourth-order valence-corrected chi connectivity index (χ4v) is 4.58. The van der Waals surface area contributed by atoms with Gasteiger partial charge in [0.2, 0.25) is 6.41 Å². The van der Waals surface area contributed by atoms with Crippen molar-refractivity contribution in [3.8, 4) is 28.0 Å². The second kappa shape index (κ2) is 9.90. The van der Waals surface area contributed by atoms with Crippen LogP contribution in [0.5, 0.6) is 5.75 Å². The standard InChI is InChI=1S/C26H21ClN2O3S/c1-29(21-4-3-5-22(14-21)32-2)26(31)24-23(15-33-25(24)28-16-30)19-8-6-17(7-9-19)18-10-12-20(27)13-11-18/h3-16H,1-2H3,(H,28,30). The van der Waals surface area contributed by atoms with E-state index in [1.165, 1.54) is 11.3 Å². The normalized spacial score (nSPS) is 10.5. The maximum atomic E-state index is 13.5. The summed E-state index contributed by atoms with van der Waals surface area (Å²) in [5.74, 6) is 0.423. The topological polar surface area (TPSA) is 58.6 Å². The number of nitrogens with one attached hydrogen (secondary N) is 1. The van der Waals surface area contributed by atoms with E-state index in [1.54, 1.807) is 25.1 Å². The number of rotatable bonds is 7. The first-order valence-electron chi connectivity index (χ1n) is 10.1. The molecule has 1 N–H and O–H groups in total. The second-order valence-corrected chi connectivity index (χ2v) is 8.58. The number of carbonyl (C=O) groups is 2. The van der Waals surface area contributed by atoms with Gasteiger partial charge in [0.15, 0.2) is 0 Å². The highest BCUT2D eigenvalue weighted by Gasteiger charge is 2.24. The molecular weight excluding hydrogens is 456 g/mol. The fraction of sp³-hybridized carbons (Fsp3) is 0.0769. The number of benzene rings is 3. The molecule has 4 rings (SSSR count). The Morgan fingerprint density at radius 3 is 2.27 bits per heavy atom. The Bertz CT molecular complexity index is 1280. The van der Waals surface area contributed by atoms with E-state index in [0.29, 0.717) is 33.4 Å². The predicted molar refractivity (Wildman–Crippen MR) is 136 cm³/mol. The average molecular weight is 477 g/mol. The number of hydrogen-bond acceptors (Lipinski definition) is 4. The van der Waals surface area contributed by atoms with Crippen molar-refractivity contribution in [2.24, 2.45) is 0 Å². The largest absolute Gasteiger partial charge is 0.497 e. The average Bonchev–Trinajstić information content (AvgIpc) is 3.27. The lowest BCUT2D eigenvalue weighted by molar-refractivity contribution is -0.105. The molecule has 0 aliphatic rings. The molecule has 3 aromatic carbocycles. The molecule has 0 atom stereocenters. The fourth-order valence-electron chi connectivity index (χ4n) is 3.53. The van der Waals surface area contributed by atoms with Gasteiger partial charge in [0.25, 0.3) is 5.91 Å². The zero-order valence-corrected chi connectivity index (χ0v) is 19.6. The Morgan fingerprint density at radius 2 is 1.64 bits per heavy atom. The van der Waals surface area contributed by atoms with Gasteiger partial charge in [-0.1, -0.05) is 54.1 Å². The van der Waals surface area contributed by atoms with E-state index in [0.717, 1.165) is 22.3 Å². The Balaban J connectivity index is 1.70.